The number of nitrogens with zero attached hydrogens (tertiary/aromatic N) is 2. The van der Waals surface area contributed by atoms with Crippen LogP contribution in [0.3, 0.4) is 0 Å². The summed E-state index contributed by atoms with van der Waals surface area (Å²) in [6, 6.07) is 0. The highest BCUT2D eigenvalue weighted by Crippen LogP contribution is 2.07. The van der Waals surface area contributed by atoms with Gasteiger partial charge in [0.05, 0.1) is 12.4 Å². The lowest BCUT2D eigenvalue weighted by Crippen LogP contribution is -1.89. The Morgan fingerprint density at radius 2 is 2.45 bits per heavy atom. The molecule has 0 fully saturated rings. The molecular formula is C6H10N2O2S. The van der Waals surface area contributed by atoms with Crippen LogP contribution in [-0.4, -0.2) is 27.6 Å². The summed E-state index contributed by atoms with van der Waals surface area (Å²) in [5.74, 6) is 2.71. The molecule has 0 aliphatic rings. The Bertz CT molecular complexity index is 214. The molecule has 1 rings (SSSR count). The normalized spacial score (nSPS) is 10.4. The number of aryl methyl sites for hydroxylation is 1. The van der Waals surface area contributed by atoms with Crippen LogP contribution in [0.4, 0.5) is 0 Å². The van der Waals surface area contributed by atoms with Crippen LogP contribution in [0.2, 0.25) is 0 Å². The number of thioether (sulfide) groups is 1. The van der Waals surface area contributed by atoms with Crippen LogP contribution in [0, 0.1) is 6.92 Å². The maximum Gasteiger partial charge on any atom is 0.223 e. The zero-order chi connectivity index (χ0) is 8.10. The van der Waals surface area contributed by atoms with E-state index in [0.29, 0.717) is 23.2 Å². The van der Waals surface area contributed by atoms with Gasteiger partial charge >= 0.3 is 0 Å². The first-order valence-electron chi connectivity index (χ1n) is 3.30. The van der Waals surface area contributed by atoms with Gasteiger partial charge in [0.2, 0.25) is 5.89 Å². The predicted molar refractivity (Wildman–Crippen MR) is 42.3 cm³/mol. The van der Waals surface area contributed by atoms with Gasteiger partial charge in [-0.15, -0.1) is 0 Å². The van der Waals surface area contributed by atoms with Crippen molar-refractivity contribution in [3.8, 4) is 0 Å². The van der Waals surface area contributed by atoms with Crippen molar-refractivity contribution in [1.82, 2.24) is 10.1 Å². The molecule has 0 aromatic carbocycles. The molecule has 0 saturated heterocycles. The minimum atomic E-state index is 0.196. The Balaban J connectivity index is 2.27. The third kappa shape index (κ3) is 2.90. The lowest BCUT2D eigenvalue weighted by Gasteiger charge is -1.91. The van der Waals surface area contributed by atoms with Gasteiger partial charge in [0.25, 0.3) is 0 Å². The summed E-state index contributed by atoms with van der Waals surface area (Å²) >= 11 is 1.58. The molecule has 11 heavy (non-hydrogen) atoms. The van der Waals surface area contributed by atoms with Crippen molar-refractivity contribution in [2.45, 2.75) is 12.7 Å². The minimum Gasteiger partial charge on any atom is -0.396 e. The second-order valence-electron chi connectivity index (χ2n) is 2.01. The quantitative estimate of drug-likeness (QED) is 0.677. The Labute approximate surface area is 69.0 Å². The lowest BCUT2D eigenvalue weighted by atomic mass is 10.7. The van der Waals surface area contributed by atoms with Crippen LogP contribution < -0.4 is 0 Å². The summed E-state index contributed by atoms with van der Waals surface area (Å²) < 4.78 is 4.76. The molecule has 0 amide bonds. The predicted octanol–water partition coefficient (Wildman–Crippen LogP) is 0.604. The molecule has 62 valence electrons. The molecule has 0 aliphatic heterocycles. The van der Waals surface area contributed by atoms with Gasteiger partial charge in [0, 0.05) is 12.7 Å². The molecule has 1 N–H and O–H groups in total. The van der Waals surface area contributed by atoms with Gasteiger partial charge in [-0.2, -0.15) is 16.7 Å². The lowest BCUT2D eigenvalue weighted by molar-refractivity contribution is 0.322. The molecule has 0 unspecified atom stereocenters. The summed E-state index contributed by atoms with van der Waals surface area (Å²) in [6.07, 6.45) is 0. The number of hydrogen-bond donors (Lipinski definition) is 1. The van der Waals surface area contributed by atoms with Crippen molar-refractivity contribution in [3.63, 3.8) is 0 Å². The Morgan fingerprint density at radius 1 is 1.64 bits per heavy atom. The van der Waals surface area contributed by atoms with Crippen molar-refractivity contribution in [2.24, 2.45) is 0 Å². The molecule has 4 nitrogen and oxygen atoms in total. The average Bonchev–Trinajstić information content (AvgIpc) is 2.37. The fraction of sp³-hybridized carbons (Fsp3) is 0.667. The average molecular weight is 174 g/mol. The van der Waals surface area contributed by atoms with E-state index >= 15 is 0 Å². The molecule has 0 saturated carbocycles. The highest BCUT2D eigenvalue weighted by atomic mass is 32.2. The van der Waals surface area contributed by atoms with Gasteiger partial charge in [-0.05, 0) is 0 Å². The van der Waals surface area contributed by atoms with Crippen LogP contribution in [0.25, 0.3) is 0 Å². The summed E-state index contributed by atoms with van der Waals surface area (Å²) in [4.78, 5) is 4.00. The molecule has 1 aromatic heterocycles. The Morgan fingerprint density at radius 3 is 3.00 bits per heavy atom. The second kappa shape index (κ2) is 4.35. The first-order chi connectivity index (χ1) is 5.33. The summed E-state index contributed by atoms with van der Waals surface area (Å²) in [5, 5.41) is 12.2. The zero-order valence-corrected chi connectivity index (χ0v) is 7.10. The van der Waals surface area contributed by atoms with E-state index in [1.807, 2.05) is 0 Å². The third-order valence-electron chi connectivity index (χ3n) is 1.04. The van der Waals surface area contributed by atoms with Gasteiger partial charge in [0.15, 0.2) is 5.82 Å². The van der Waals surface area contributed by atoms with Crippen LogP contribution in [-0.2, 0) is 5.75 Å². The number of aromatic nitrogens is 2. The van der Waals surface area contributed by atoms with Gasteiger partial charge in [-0.25, -0.2) is 0 Å². The van der Waals surface area contributed by atoms with Crippen molar-refractivity contribution in [1.29, 1.82) is 0 Å². The van der Waals surface area contributed by atoms with Gasteiger partial charge in [-0.1, -0.05) is 5.16 Å². The first kappa shape index (κ1) is 8.55. The number of hydrogen-bond acceptors (Lipinski definition) is 5. The second-order valence-corrected chi connectivity index (χ2v) is 3.11. The molecular weight excluding hydrogens is 164 g/mol. The van der Waals surface area contributed by atoms with E-state index in [1.165, 1.54) is 0 Å². The third-order valence-corrected chi connectivity index (χ3v) is 1.97. The van der Waals surface area contributed by atoms with Crippen LogP contribution in [0.15, 0.2) is 4.52 Å². The summed E-state index contributed by atoms with van der Waals surface area (Å²) in [7, 11) is 0. The van der Waals surface area contributed by atoms with Gasteiger partial charge in [-0.3, -0.25) is 0 Å². The molecule has 0 bridgehead atoms. The Hall–Kier alpha value is -0.550. The smallest absolute Gasteiger partial charge is 0.223 e. The van der Waals surface area contributed by atoms with E-state index in [4.69, 9.17) is 9.63 Å². The van der Waals surface area contributed by atoms with Crippen LogP contribution >= 0.6 is 11.8 Å². The largest absolute Gasteiger partial charge is 0.396 e. The van der Waals surface area contributed by atoms with Crippen LogP contribution in [0.1, 0.15) is 11.7 Å². The fourth-order valence-electron chi connectivity index (χ4n) is 0.628. The van der Waals surface area contributed by atoms with E-state index in [1.54, 1.807) is 18.7 Å². The zero-order valence-electron chi connectivity index (χ0n) is 6.28. The minimum absolute atomic E-state index is 0.196. The molecule has 0 aliphatic carbocycles. The van der Waals surface area contributed by atoms with Crippen molar-refractivity contribution in [2.75, 3.05) is 12.4 Å². The number of aliphatic hydroxyl groups is 1. The highest BCUT2D eigenvalue weighted by molar-refractivity contribution is 7.98. The van der Waals surface area contributed by atoms with E-state index in [-0.39, 0.29) is 6.61 Å². The first-order valence-corrected chi connectivity index (χ1v) is 4.46. The van der Waals surface area contributed by atoms with Crippen LogP contribution in [0.5, 0.6) is 0 Å². The summed E-state index contributed by atoms with van der Waals surface area (Å²) in [6.45, 7) is 1.95. The maximum atomic E-state index is 8.46. The van der Waals surface area contributed by atoms with Gasteiger partial charge in [0.1, 0.15) is 0 Å². The summed E-state index contributed by atoms with van der Waals surface area (Å²) in [5.41, 5.74) is 0. The maximum absolute atomic E-state index is 8.46. The highest BCUT2D eigenvalue weighted by Gasteiger charge is 2.00. The SMILES string of the molecule is Cc1nc(CSCCO)no1. The van der Waals surface area contributed by atoms with Crippen molar-refractivity contribution in [3.05, 3.63) is 11.7 Å². The molecule has 1 heterocycles. The Kier molecular flexibility index (Phi) is 3.38. The molecule has 0 atom stereocenters. The molecule has 0 radical (unpaired) electrons. The van der Waals surface area contributed by atoms with E-state index in [2.05, 4.69) is 10.1 Å². The fourth-order valence-corrected chi connectivity index (χ4v) is 1.20. The monoisotopic (exact) mass is 174 g/mol. The van der Waals surface area contributed by atoms with E-state index in [9.17, 15) is 0 Å². The molecule has 0 spiro atoms. The van der Waals surface area contributed by atoms with Crippen molar-refractivity contribution >= 4 is 11.8 Å². The molecule has 5 heteroatoms. The molecule has 1 aromatic rings. The van der Waals surface area contributed by atoms with E-state index in [0.717, 1.165) is 0 Å². The topological polar surface area (TPSA) is 59.2 Å². The number of rotatable bonds is 4. The van der Waals surface area contributed by atoms with Crippen molar-refractivity contribution < 1.29 is 9.63 Å². The van der Waals surface area contributed by atoms with E-state index < -0.39 is 0 Å². The standard InChI is InChI=1S/C6H10N2O2S/c1-5-7-6(8-10-5)4-11-3-2-9/h9H,2-4H2,1H3. The van der Waals surface area contributed by atoms with Gasteiger partial charge < -0.3 is 9.63 Å². The number of aliphatic hydroxyl groups excluding tert-OH is 1.